The number of carbonyl (C=O) groups excluding carboxylic acids is 2. The molecule has 2 aliphatic carbocycles. The second kappa shape index (κ2) is 44.7. The first-order chi connectivity index (χ1) is 66.4. The maximum absolute atomic E-state index is 12.9. The number of aromatic nitrogens is 13. The Morgan fingerprint density at radius 3 is 1.18 bits per heavy atom. The Labute approximate surface area is 859 Å². The van der Waals surface area contributed by atoms with E-state index in [-0.39, 0.29) is 84.7 Å². The second-order valence-electron chi connectivity index (χ2n) is 36.2. The summed E-state index contributed by atoms with van der Waals surface area (Å²) in [6.45, 7) is 23.6. The minimum Gasteiger partial charge on any atom is -0.399 e. The molecule has 1 amide bonds. The molecular formula is C95H111BBrCl3N18O15S8. The second-order valence-corrected chi connectivity index (χ2v) is 51.5. The molecule has 0 spiro atoms. The number of primary amides is 1. The topological polar surface area (TPSA) is 463 Å². The number of hydrogen-bond acceptors (Lipinski definition) is 33. The van der Waals surface area contributed by atoms with Crippen LogP contribution in [-0.2, 0) is 78.9 Å². The van der Waals surface area contributed by atoms with Crippen molar-refractivity contribution in [2.75, 3.05) is 66.9 Å². The fourth-order valence-corrected chi connectivity index (χ4v) is 23.6. The van der Waals surface area contributed by atoms with E-state index in [2.05, 4.69) is 61.5 Å². The van der Waals surface area contributed by atoms with Gasteiger partial charge in [0, 0.05) is 130 Å². The van der Waals surface area contributed by atoms with Crippen LogP contribution in [0.15, 0.2) is 139 Å². The molecule has 10 aromatic heterocycles. The Bertz CT molecular complexity index is 7460. The first kappa shape index (κ1) is 107. The number of nitrogens with two attached hydrogens (primary N) is 3. The third kappa shape index (κ3) is 26.9. The minimum absolute atomic E-state index is 0.00853. The highest BCUT2D eigenvalue weighted by molar-refractivity contribution is 9.11. The molecule has 14 aromatic rings. The molecule has 3 unspecified atom stereocenters. The number of ketones is 1. The number of sulfone groups is 4. The largest absolute Gasteiger partial charge is 0.494 e. The van der Waals surface area contributed by atoms with Gasteiger partial charge in [0.15, 0.2) is 60.2 Å². The van der Waals surface area contributed by atoms with Crippen LogP contribution in [0, 0.1) is 60.3 Å². The fraction of sp³-hybridized carbons (Fsp3) is 0.411. The van der Waals surface area contributed by atoms with Crippen LogP contribution < -0.4 is 33.3 Å². The number of nitrogen functional groups attached to an aromatic ring is 2. The van der Waals surface area contributed by atoms with Crippen LogP contribution in [-0.4, -0.2) is 172 Å². The lowest BCUT2D eigenvalue weighted by molar-refractivity contribution is -0.120. The average molecular weight is 2200 g/mol. The van der Waals surface area contributed by atoms with Crippen molar-refractivity contribution in [3.05, 3.63) is 178 Å². The summed E-state index contributed by atoms with van der Waals surface area (Å²) in [5.74, 6) is 2.79. The Hall–Kier alpha value is -9.39. The van der Waals surface area contributed by atoms with Gasteiger partial charge in [-0.3, -0.25) is 23.3 Å². The average Bonchev–Trinajstić information content (AvgIpc) is 1.63. The standard InChI is InChI=1S/C28H31N5O4S2.C23H24ClN5O3S2.C13H20BNO4S.C12H13Cl2N3O.C11H12N2O2S2.C4H4BrNS.C4H7NO/c1-16-15-29-28(38-16)19-9-10-21(24(12-19)39(3,35)36)32-22-13-20(14-23(34)18-7-8-18)31-27-26(22)30-17(2)33(27)25-6-4-5-11-37-25;1-13-12-25-23(33-13)15-7-8-16(18(10-15)34(3,30)31)27-17-11-19(24)28-22-21(17)26-14(2)29(22)20-6-4-5-9-32-20;1-12(2)13(3,4)19-14(18-12)9-6-7-10(15)11(8-9)20(5,16)17;1-7-15-11-8(13)6-9(14)16-12(11)17(7)10-4-2-3-5-18-10;1-7-6-13-11(16-7)8-3-4-9(12)10(5-8)17(2,14)15;1-3-2-6-4(5)7-3;5-4(6)3-1-2-3/h9-10,12-13,15,18,25H,4-8,11,14H2,1-3H3,(H,31,32);7-8,10-12,20H,4-6,9H2,1-3H3,(H,27,28);6-8H,15H2,1-5H3;6,10H,2-5H2,1H3;3-6H,12H2,1-2H3;2H,1H3;3H,1-2H2,(H2,5,6). The van der Waals surface area contributed by atoms with Crippen molar-refractivity contribution in [3.8, 4) is 31.7 Å². The summed E-state index contributed by atoms with van der Waals surface area (Å²) in [6, 6.07) is 25.4. The number of nitrogens with one attached hydrogen (secondary N) is 2. The first-order valence-corrected chi connectivity index (χ1v) is 58.2. The molecule has 4 aromatic carbocycles. The zero-order valence-electron chi connectivity index (χ0n) is 80.4. The lowest BCUT2D eigenvalue weighted by atomic mass is 9.79. The maximum atomic E-state index is 12.9. The van der Waals surface area contributed by atoms with E-state index >= 15 is 0 Å². The number of anilines is 6. The number of hydrogen-bond donors (Lipinski definition) is 5. The number of rotatable bonds is 19. The highest BCUT2D eigenvalue weighted by atomic mass is 79.9. The number of benzene rings is 4. The SMILES string of the molecule is CC1(C)OB(c2ccc(N)c(S(C)(=O)=O)c2)OC1(C)C.Cc1cnc(-c2ccc(N)c(S(C)(=O)=O)c2)s1.Cc1cnc(-c2ccc(Nc3cc(CC(=O)C4CC4)nc4c3nc(C)n4C3CCCCO3)c(S(C)(=O)=O)c2)s1.Cc1cnc(-c2ccc(Nc3cc(Cl)nc4c3nc(C)n4C3CCCCO3)c(S(C)(=O)=O)c2)s1.Cc1cnc(Br)s1.Cc1nc2c(Cl)cc(Cl)nc2n1C1CCCCO1.NC(=O)C1CC1. The number of carbonyl (C=O) groups is 2. The molecular weight excluding hydrogens is 2090 g/mol. The van der Waals surface area contributed by atoms with Crippen LogP contribution in [0.25, 0.3) is 65.2 Å². The van der Waals surface area contributed by atoms with Crippen molar-refractivity contribution >= 4 is 227 Å². The molecule has 141 heavy (non-hydrogen) atoms. The van der Waals surface area contributed by atoms with Crippen molar-refractivity contribution in [3.63, 3.8) is 0 Å². The smallest absolute Gasteiger partial charge is 0.399 e. The predicted molar refractivity (Wildman–Crippen MR) is 563 cm³/mol. The van der Waals surface area contributed by atoms with Crippen LogP contribution in [0.3, 0.4) is 0 Å². The minimum atomic E-state index is -3.58. The predicted octanol–water partition coefficient (Wildman–Crippen LogP) is 20.1. The number of halogens is 4. The Balaban J connectivity index is 0.000000140. The molecule has 750 valence electrons. The van der Waals surface area contributed by atoms with Gasteiger partial charge in [-0.25, -0.2) is 83.5 Å². The molecule has 46 heteroatoms. The van der Waals surface area contributed by atoms with Crippen LogP contribution in [0.2, 0.25) is 15.3 Å². The number of fused-ring (bicyclic) bond motifs is 3. The van der Waals surface area contributed by atoms with Gasteiger partial charge in [-0.1, -0.05) is 40.9 Å². The van der Waals surface area contributed by atoms with Crippen LogP contribution >= 0.6 is 96.1 Å². The summed E-state index contributed by atoms with van der Waals surface area (Å²) in [6.07, 6.45) is 24.8. The molecule has 33 nitrogen and oxygen atoms in total. The van der Waals surface area contributed by atoms with E-state index in [0.29, 0.717) is 90.8 Å². The van der Waals surface area contributed by atoms with Gasteiger partial charge in [-0.2, -0.15) is 0 Å². The molecule has 6 aliphatic rings. The van der Waals surface area contributed by atoms with Gasteiger partial charge in [0.05, 0.1) is 75.6 Å². The van der Waals surface area contributed by atoms with E-state index in [4.69, 9.17) is 90.5 Å². The first-order valence-electron chi connectivity index (χ1n) is 45.4. The molecule has 2 saturated carbocycles. The van der Waals surface area contributed by atoms with E-state index in [1.807, 2.05) is 114 Å². The lowest BCUT2D eigenvalue weighted by Gasteiger charge is -2.32. The monoisotopic (exact) mass is 2190 g/mol. The van der Waals surface area contributed by atoms with Crippen molar-refractivity contribution in [1.29, 1.82) is 0 Å². The number of imidazole rings is 3. The van der Waals surface area contributed by atoms with E-state index in [9.17, 15) is 43.3 Å². The highest BCUT2D eigenvalue weighted by Crippen LogP contribution is 2.44. The molecule has 4 saturated heterocycles. The summed E-state index contributed by atoms with van der Waals surface area (Å²) in [7, 11) is -14.4. The number of Topliss-reactive ketones (excluding diaryl/α,β-unsaturated/α-hetero) is 1. The summed E-state index contributed by atoms with van der Waals surface area (Å²) < 4.78 is 134. The normalized spacial score (nSPS) is 17.4. The molecule has 20 rings (SSSR count). The van der Waals surface area contributed by atoms with Crippen LogP contribution in [0.1, 0.15) is 173 Å². The van der Waals surface area contributed by atoms with E-state index in [1.54, 1.807) is 96.7 Å². The van der Waals surface area contributed by atoms with E-state index < -0.39 is 57.7 Å². The molecule has 14 heterocycles. The number of aryl methyl sites for hydroxylation is 7. The number of ether oxygens (including phenoxy) is 3. The summed E-state index contributed by atoms with van der Waals surface area (Å²) in [5.41, 5.74) is 25.3. The van der Waals surface area contributed by atoms with Gasteiger partial charge in [-0.05, 0) is 260 Å². The summed E-state index contributed by atoms with van der Waals surface area (Å²) >= 11 is 27.9. The molecule has 0 bridgehead atoms. The Kier molecular flexibility index (Phi) is 34.0. The summed E-state index contributed by atoms with van der Waals surface area (Å²) in [5, 5.41) is 10.1. The zero-order valence-corrected chi connectivity index (χ0v) is 90.8. The number of pyridine rings is 3. The number of nitrogens with zero attached hydrogens (tertiary/aromatic N) is 13. The van der Waals surface area contributed by atoms with Crippen molar-refractivity contribution < 1.29 is 66.8 Å². The molecule has 0 radical (unpaired) electrons. The Morgan fingerprint density at radius 1 is 0.447 bits per heavy atom. The van der Waals surface area contributed by atoms with Crippen molar-refractivity contribution in [2.24, 2.45) is 17.6 Å². The maximum Gasteiger partial charge on any atom is 0.494 e. The zero-order chi connectivity index (χ0) is 102. The van der Waals surface area contributed by atoms with Gasteiger partial charge in [0.2, 0.25) is 5.91 Å². The van der Waals surface area contributed by atoms with Crippen LogP contribution in [0.5, 0.6) is 0 Å². The molecule has 8 N–H and O–H groups in total. The molecule has 4 aliphatic heterocycles. The third-order valence-corrected chi connectivity index (χ3v) is 33.5. The molecule has 6 fully saturated rings. The van der Waals surface area contributed by atoms with Gasteiger partial charge in [0.1, 0.15) is 83.8 Å². The quantitative estimate of drug-likeness (QED) is 0.0285. The third-order valence-electron chi connectivity index (χ3n) is 24.0. The van der Waals surface area contributed by atoms with E-state index in [1.165, 1.54) is 57.5 Å². The Morgan fingerprint density at radius 2 is 0.816 bits per heavy atom. The highest BCUT2D eigenvalue weighted by Gasteiger charge is 2.52. The fourth-order valence-electron chi connectivity index (χ4n) is 15.9. The van der Waals surface area contributed by atoms with Crippen molar-refractivity contribution in [1.82, 2.24) is 63.5 Å². The van der Waals surface area contributed by atoms with E-state index in [0.717, 1.165) is 170 Å². The number of thiazole rings is 4. The summed E-state index contributed by atoms with van der Waals surface area (Å²) in [4.78, 5) is 72.5. The van der Waals surface area contributed by atoms with Gasteiger partial charge >= 0.3 is 7.12 Å². The van der Waals surface area contributed by atoms with Gasteiger partial charge in [-0.15, -0.1) is 45.3 Å². The van der Waals surface area contributed by atoms with Gasteiger partial charge < -0.3 is 51.4 Å². The lowest BCUT2D eigenvalue weighted by Crippen LogP contribution is -2.41. The van der Waals surface area contributed by atoms with Crippen molar-refractivity contribution in [2.45, 2.75) is 216 Å². The number of amides is 1. The van der Waals surface area contributed by atoms with Gasteiger partial charge in [0.25, 0.3) is 0 Å². The van der Waals surface area contributed by atoms with Crippen LogP contribution in [0.4, 0.5) is 34.1 Å². The molecule has 3 atom stereocenters.